The predicted molar refractivity (Wildman–Crippen MR) is 89.7 cm³/mol. The molecule has 1 aromatic heterocycles. The summed E-state index contributed by atoms with van der Waals surface area (Å²) in [5.74, 6) is 0. The largest absolute Gasteiger partial charge is 0.241 e. The molecule has 0 aliphatic rings. The van der Waals surface area contributed by atoms with Crippen molar-refractivity contribution < 1.29 is 8.42 Å². The highest BCUT2D eigenvalue weighted by Crippen LogP contribution is 2.21. The van der Waals surface area contributed by atoms with Crippen LogP contribution in [0.25, 0.3) is 10.2 Å². The quantitative estimate of drug-likeness (QED) is 0.772. The number of hydrogen-bond donors (Lipinski definition) is 1. The average Bonchev–Trinajstić information content (AvgIpc) is 2.97. The van der Waals surface area contributed by atoms with E-state index in [1.807, 2.05) is 30.3 Å². The molecule has 0 saturated carbocycles. The van der Waals surface area contributed by atoms with Crippen LogP contribution in [-0.4, -0.2) is 19.9 Å². The van der Waals surface area contributed by atoms with Crippen molar-refractivity contribution in [3.63, 3.8) is 0 Å². The molecule has 0 amide bonds. The second-order valence-corrected chi connectivity index (χ2v) is 7.74. The third-order valence-corrected chi connectivity index (χ3v) is 5.80. The molecule has 0 aliphatic carbocycles. The third-order valence-electron chi connectivity index (χ3n) is 3.24. The van der Waals surface area contributed by atoms with Crippen molar-refractivity contribution in [1.82, 2.24) is 9.71 Å². The summed E-state index contributed by atoms with van der Waals surface area (Å²) < 4.78 is 28.1. The molecule has 116 valence electrons. The molecule has 0 saturated heterocycles. The van der Waals surface area contributed by atoms with E-state index in [9.17, 15) is 8.42 Å². The van der Waals surface area contributed by atoms with Gasteiger partial charge in [0.05, 0.1) is 31.8 Å². The number of nitrogens with zero attached hydrogens (tertiary/aromatic N) is 2. The van der Waals surface area contributed by atoms with Crippen LogP contribution in [0.1, 0.15) is 10.6 Å². The Kier molecular flexibility index (Phi) is 4.39. The fraction of sp³-hybridized carbons (Fsp3) is 0.125. The first-order chi connectivity index (χ1) is 11.1. The zero-order chi connectivity index (χ0) is 16.3. The minimum atomic E-state index is -3.62. The van der Waals surface area contributed by atoms with Gasteiger partial charge in [0.25, 0.3) is 0 Å². The summed E-state index contributed by atoms with van der Waals surface area (Å²) in [5, 5.41) is 9.74. The van der Waals surface area contributed by atoms with Crippen molar-refractivity contribution >= 4 is 31.6 Å². The van der Waals surface area contributed by atoms with Gasteiger partial charge >= 0.3 is 0 Å². The average molecular weight is 343 g/mol. The number of benzene rings is 2. The Labute approximate surface area is 138 Å². The molecule has 1 N–H and O–H groups in total. The van der Waals surface area contributed by atoms with Crippen molar-refractivity contribution in [3.8, 4) is 6.07 Å². The van der Waals surface area contributed by atoms with Gasteiger partial charge in [0.15, 0.2) is 0 Å². The fourth-order valence-electron chi connectivity index (χ4n) is 2.14. The number of hydrogen-bond acceptors (Lipinski definition) is 5. The van der Waals surface area contributed by atoms with Gasteiger partial charge in [0, 0.05) is 13.0 Å². The number of thiazole rings is 1. The molecular formula is C16H13N3O2S2. The fourth-order valence-corrected chi connectivity index (χ4v) is 4.18. The van der Waals surface area contributed by atoms with Gasteiger partial charge in [-0.15, -0.1) is 11.3 Å². The first kappa shape index (κ1) is 15.6. The summed E-state index contributed by atoms with van der Waals surface area (Å²) in [5.41, 5.74) is 1.25. The first-order valence-electron chi connectivity index (χ1n) is 6.93. The molecule has 0 aliphatic heterocycles. The summed E-state index contributed by atoms with van der Waals surface area (Å²) in [6.45, 7) is 0.263. The first-order valence-corrected chi connectivity index (χ1v) is 9.23. The van der Waals surface area contributed by atoms with Crippen molar-refractivity contribution in [1.29, 1.82) is 5.26 Å². The van der Waals surface area contributed by atoms with Crippen LogP contribution in [0, 0.1) is 11.3 Å². The number of para-hydroxylation sites is 1. The Morgan fingerprint density at radius 2 is 2.00 bits per heavy atom. The number of fused-ring (bicyclic) bond motifs is 1. The van der Waals surface area contributed by atoms with E-state index in [1.54, 1.807) is 23.5 Å². The van der Waals surface area contributed by atoms with E-state index in [0.29, 0.717) is 12.0 Å². The monoisotopic (exact) mass is 343 g/mol. The Morgan fingerprint density at radius 1 is 1.17 bits per heavy atom. The van der Waals surface area contributed by atoms with Crippen LogP contribution < -0.4 is 4.72 Å². The SMILES string of the molecule is N#Cc1cccc(S(=O)(=O)NCCc2nc3ccccc3s2)c1. The Hall–Kier alpha value is -2.27. The normalized spacial score (nSPS) is 11.4. The van der Waals surface area contributed by atoms with E-state index in [-0.39, 0.29) is 11.4 Å². The van der Waals surface area contributed by atoms with E-state index in [2.05, 4.69) is 9.71 Å². The van der Waals surface area contributed by atoms with Gasteiger partial charge in [-0.1, -0.05) is 18.2 Å². The highest BCUT2D eigenvalue weighted by molar-refractivity contribution is 7.89. The van der Waals surface area contributed by atoms with Crippen LogP contribution in [-0.2, 0) is 16.4 Å². The van der Waals surface area contributed by atoms with Gasteiger partial charge < -0.3 is 0 Å². The van der Waals surface area contributed by atoms with E-state index in [0.717, 1.165) is 15.2 Å². The Balaban J connectivity index is 1.68. The number of sulfonamides is 1. The second kappa shape index (κ2) is 6.46. The van der Waals surface area contributed by atoms with E-state index in [1.165, 1.54) is 12.1 Å². The zero-order valence-electron chi connectivity index (χ0n) is 12.1. The van der Waals surface area contributed by atoms with Crippen LogP contribution in [0.5, 0.6) is 0 Å². The van der Waals surface area contributed by atoms with E-state index >= 15 is 0 Å². The molecule has 1 heterocycles. The van der Waals surface area contributed by atoms with Crippen molar-refractivity contribution in [2.45, 2.75) is 11.3 Å². The van der Waals surface area contributed by atoms with Crippen LogP contribution in [0.2, 0.25) is 0 Å². The lowest BCUT2D eigenvalue weighted by Gasteiger charge is -2.05. The van der Waals surface area contributed by atoms with E-state index in [4.69, 9.17) is 5.26 Å². The zero-order valence-corrected chi connectivity index (χ0v) is 13.7. The number of nitrogens with one attached hydrogen (secondary N) is 1. The van der Waals surface area contributed by atoms with Crippen LogP contribution >= 0.6 is 11.3 Å². The highest BCUT2D eigenvalue weighted by atomic mass is 32.2. The maximum atomic E-state index is 12.2. The molecule has 23 heavy (non-hydrogen) atoms. The summed E-state index contributed by atoms with van der Waals surface area (Å²) in [4.78, 5) is 4.57. The molecule has 0 bridgehead atoms. The molecular weight excluding hydrogens is 330 g/mol. The van der Waals surface area contributed by atoms with Gasteiger partial charge in [0.2, 0.25) is 10.0 Å². The summed E-state index contributed by atoms with van der Waals surface area (Å²) in [7, 11) is -3.62. The third kappa shape index (κ3) is 3.56. The second-order valence-electron chi connectivity index (χ2n) is 4.86. The minimum absolute atomic E-state index is 0.0980. The van der Waals surface area contributed by atoms with Crippen LogP contribution in [0.15, 0.2) is 53.4 Å². The van der Waals surface area contributed by atoms with Gasteiger partial charge in [0.1, 0.15) is 0 Å². The van der Waals surface area contributed by atoms with Gasteiger partial charge in [-0.2, -0.15) is 5.26 Å². The van der Waals surface area contributed by atoms with Crippen molar-refractivity contribution in [3.05, 3.63) is 59.1 Å². The topological polar surface area (TPSA) is 82.8 Å². The van der Waals surface area contributed by atoms with Crippen molar-refractivity contribution in [2.24, 2.45) is 0 Å². The molecule has 0 unspecified atom stereocenters. The molecule has 0 fully saturated rings. The van der Waals surface area contributed by atoms with Gasteiger partial charge in [-0.25, -0.2) is 18.1 Å². The lowest BCUT2D eigenvalue weighted by molar-refractivity contribution is 0.581. The lowest BCUT2D eigenvalue weighted by Crippen LogP contribution is -2.26. The van der Waals surface area contributed by atoms with Gasteiger partial charge in [-0.05, 0) is 30.3 Å². The Morgan fingerprint density at radius 3 is 2.78 bits per heavy atom. The molecule has 7 heteroatoms. The van der Waals surface area contributed by atoms with Gasteiger partial charge in [-0.3, -0.25) is 0 Å². The Bertz CT molecular complexity index is 955. The smallest absolute Gasteiger partial charge is 0.240 e. The maximum absolute atomic E-state index is 12.2. The molecule has 3 aromatic rings. The summed E-state index contributed by atoms with van der Waals surface area (Å²) in [6, 6.07) is 15.7. The number of nitriles is 1. The molecule has 2 aromatic carbocycles. The number of rotatable bonds is 5. The van der Waals surface area contributed by atoms with Crippen LogP contribution in [0.3, 0.4) is 0 Å². The molecule has 5 nitrogen and oxygen atoms in total. The highest BCUT2D eigenvalue weighted by Gasteiger charge is 2.14. The summed E-state index contributed by atoms with van der Waals surface area (Å²) in [6.07, 6.45) is 0.524. The molecule has 0 spiro atoms. The number of aromatic nitrogens is 1. The standard InChI is InChI=1S/C16H13N3O2S2/c17-11-12-4-3-5-13(10-12)23(20,21)18-9-8-16-19-14-6-1-2-7-15(14)22-16/h1-7,10,18H,8-9H2. The molecule has 0 radical (unpaired) electrons. The summed E-state index contributed by atoms with van der Waals surface area (Å²) >= 11 is 1.56. The van der Waals surface area contributed by atoms with E-state index < -0.39 is 10.0 Å². The lowest BCUT2D eigenvalue weighted by atomic mass is 10.2. The van der Waals surface area contributed by atoms with Crippen LogP contribution in [0.4, 0.5) is 0 Å². The maximum Gasteiger partial charge on any atom is 0.240 e. The molecule has 0 atom stereocenters. The molecule has 3 rings (SSSR count). The predicted octanol–water partition coefficient (Wildman–Crippen LogP) is 2.69. The minimum Gasteiger partial charge on any atom is -0.241 e. The van der Waals surface area contributed by atoms with Crippen molar-refractivity contribution in [2.75, 3.05) is 6.54 Å².